The third kappa shape index (κ3) is 3.87. The first-order valence-corrected chi connectivity index (χ1v) is 7.35. The summed E-state index contributed by atoms with van der Waals surface area (Å²) in [5, 5.41) is 7.08. The number of carbonyl (C=O) groups excluding carboxylic acids is 1. The number of nitrogens with one attached hydrogen (secondary N) is 1. The van der Waals surface area contributed by atoms with E-state index in [1.54, 1.807) is 0 Å². The average molecular weight is 305 g/mol. The number of nitrogens with zero attached hydrogens (tertiary/aromatic N) is 2. The van der Waals surface area contributed by atoms with Crippen molar-refractivity contribution in [2.45, 2.75) is 45.1 Å². The Morgan fingerprint density at radius 2 is 2.21 bits per heavy atom. The number of aryl methyl sites for hydroxylation is 1. The molecule has 0 radical (unpaired) electrons. The molecule has 1 fully saturated rings. The Morgan fingerprint density at radius 3 is 2.89 bits per heavy atom. The number of rotatable bonds is 4. The molecule has 0 saturated heterocycles. The van der Waals surface area contributed by atoms with Crippen molar-refractivity contribution in [2.24, 2.45) is 11.7 Å². The Bertz CT molecular complexity index is 412. The van der Waals surface area contributed by atoms with Crippen molar-refractivity contribution in [1.82, 2.24) is 14.9 Å². The zero-order valence-corrected chi connectivity index (χ0v) is 12.7. The van der Waals surface area contributed by atoms with Crippen LogP contribution in [0.25, 0.3) is 0 Å². The zero-order valence-electron chi connectivity index (χ0n) is 11.1. The van der Waals surface area contributed by atoms with Gasteiger partial charge in [-0.3, -0.25) is 4.79 Å². The van der Waals surface area contributed by atoms with Crippen molar-refractivity contribution in [3.05, 3.63) is 10.6 Å². The second kappa shape index (κ2) is 7.77. The van der Waals surface area contributed by atoms with Gasteiger partial charge in [0.2, 0.25) is 0 Å². The molecule has 2 atom stereocenters. The summed E-state index contributed by atoms with van der Waals surface area (Å²) in [6.07, 6.45) is 5.27. The SMILES string of the molecule is CCc1nnsc1C(=O)NC1CCCCC1CN.Cl. The molecule has 2 unspecified atom stereocenters. The Balaban J connectivity index is 0.00000180. The molecule has 1 aromatic heterocycles. The van der Waals surface area contributed by atoms with E-state index >= 15 is 0 Å². The maximum Gasteiger partial charge on any atom is 0.265 e. The van der Waals surface area contributed by atoms with Crippen molar-refractivity contribution in [1.29, 1.82) is 0 Å². The fourth-order valence-electron chi connectivity index (χ4n) is 2.53. The zero-order chi connectivity index (χ0) is 13.0. The highest BCUT2D eigenvalue weighted by atomic mass is 35.5. The minimum atomic E-state index is -0.0350. The Kier molecular flexibility index (Phi) is 6.68. The smallest absolute Gasteiger partial charge is 0.265 e. The molecule has 1 amide bonds. The second-order valence-electron chi connectivity index (χ2n) is 4.76. The molecule has 0 spiro atoms. The molecule has 1 saturated carbocycles. The number of hydrogen-bond donors (Lipinski definition) is 2. The maximum absolute atomic E-state index is 12.2. The minimum absolute atomic E-state index is 0. The van der Waals surface area contributed by atoms with Crippen LogP contribution in [0.5, 0.6) is 0 Å². The molecule has 0 aromatic carbocycles. The molecule has 108 valence electrons. The highest BCUT2D eigenvalue weighted by molar-refractivity contribution is 7.08. The molecule has 1 aromatic rings. The molecule has 5 nitrogen and oxygen atoms in total. The lowest BCUT2D eigenvalue weighted by Gasteiger charge is -2.31. The summed E-state index contributed by atoms with van der Waals surface area (Å²) >= 11 is 1.18. The lowest BCUT2D eigenvalue weighted by atomic mass is 9.84. The summed E-state index contributed by atoms with van der Waals surface area (Å²) in [7, 11) is 0. The quantitative estimate of drug-likeness (QED) is 0.888. The van der Waals surface area contributed by atoms with E-state index in [1.807, 2.05) is 6.92 Å². The highest BCUT2D eigenvalue weighted by Crippen LogP contribution is 2.24. The van der Waals surface area contributed by atoms with Crippen LogP contribution >= 0.6 is 23.9 Å². The van der Waals surface area contributed by atoms with Crippen molar-refractivity contribution in [2.75, 3.05) is 6.54 Å². The van der Waals surface area contributed by atoms with Gasteiger partial charge in [-0.15, -0.1) is 17.5 Å². The summed E-state index contributed by atoms with van der Waals surface area (Å²) in [4.78, 5) is 12.8. The van der Waals surface area contributed by atoms with E-state index in [4.69, 9.17) is 5.73 Å². The lowest BCUT2D eigenvalue weighted by Crippen LogP contribution is -2.44. The fourth-order valence-corrected chi connectivity index (χ4v) is 3.18. The van der Waals surface area contributed by atoms with Crippen LogP contribution in [-0.4, -0.2) is 28.1 Å². The number of halogens is 1. The van der Waals surface area contributed by atoms with Gasteiger partial charge in [0.25, 0.3) is 5.91 Å². The van der Waals surface area contributed by atoms with Crippen molar-refractivity contribution >= 4 is 29.8 Å². The third-order valence-corrected chi connectivity index (χ3v) is 4.39. The van der Waals surface area contributed by atoms with E-state index in [0.29, 0.717) is 17.3 Å². The van der Waals surface area contributed by atoms with Crippen LogP contribution < -0.4 is 11.1 Å². The van der Waals surface area contributed by atoms with Gasteiger partial charge in [0.05, 0.1) is 5.69 Å². The summed E-state index contributed by atoms with van der Waals surface area (Å²) in [5.74, 6) is 0.376. The summed E-state index contributed by atoms with van der Waals surface area (Å²) in [6.45, 7) is 2.63. The number of hydrogen-bond acceptors (Lipinski definition) is 5. The third-order valence-electron chi connectivity index (χ3n) is 3.63. The van der Waals surface area contributed by atoms with E-state index in [0.717, 1.165) is 25.0 Å². The highest BCUT2D eigenvalue weighted by Gasteiger charge is 2.27. The van der Waals surface area contributed by atoms with Gasteiger partial charge in [-0.25, -0.2) is 0 Å². The topological polar surface area (TPSA) is 80.9 Å². The molecule has 3 N–H and O–H groups in total. The van der Waals surface area contributed by atoms with E-state index in [1.165, 1.54) is 24.4 Å². The van der Waals surface area contributed by atoms with Gasteiger partial charge in [-0.1, -0.05) is 24.3 Å². The molecular formula is C12H21ClN4OS. The van der Waals surface area contributed by atoms with Crippen molar-refractivity contribution in [3.63, 3.8) is 0 Å². The predicted octanol–water partition coefficient (Wildman–Crippen LogP) is 1.77. The summed E-state index contributed by atoms with van der Waals surface area (Å²) in [6, 6.07) is 0.211. The Labute approximate surface area is 123 Å². The molecule has 1 heterocycles. The average Bonchev–Trinajstić information content (AvgIpc) is 2.87. The normalized spacial score (nSPS) is 22.6. The number of carbonyl (C=O) groups is 1. The van der Waals surface area contributed by atoms with Gasteiger partial charge in [0, 0.05) is 6.04 Å². The number of nitrogens with two attached hydrogens (primary N) is 1. The predicted molar refractivity (Wildman–Crippen MR) is 78.8 cm³/mol. The second-order valence-corrected chi connectivity index (χ2v) is 5.52. The van der Waals surface area contributed by atoms with Gasteiger partial charge in [0.1, 0.15) is 4.88 Å². The maximum atomic E-state index is 12.2. The van der Waals surface area contributed by atoms with Crippen LogP contribution in [0, 0.1) is 5.92 Å². The van der Waals surface area contributed by atoms with Gasteiger partial charge in [-0.2, -0.15) is 0 Å². The summed E-state index contributed by atoms with van der Waals surface area (Å²) < 4.78 is 3.85. The van der Waals surface area contributed by atoms with Gasteiger partial charge < -0.3 is 11.1 Å². The molecule has 2 rings (SSSR count). The first-order chi connectivity index (χ1) is 8.76. The van der Waals surface area contributed by atoms with Crippen LogP contribution in [0.1, 0.15) is 48.0 Å². The van der Waals surface area contributed by atoms with Crippen LogP contribution in [-0.2, 0) is 6.42 Å². The van der Waals surface area contributed by atoms with Crippen LogP contribution in [0.4, 0.5) is 0 Å². The standard InChI is InChI=1S/C12H20N4OS.ClH/c1-2-9-11(18-16-15-9)12(17)14-10-6-4-3-5-8(10)7-13;/h8,10H,2-7,13H2,1H3,(H,14,17);1H. The monoisotopic (exact) mass is 304 g/mol. The molecule has 1 aliphatic rings. The molecule has 19 heavy (non-hydrogen) atoms. The lowest BCUT2D eigenvalue weighted by molar-refractivity contribution is 0.0911. The Hall–Kier alpha value is -0.720. The molecule has 0 aliphatic heterocycles. The van der Waals surface area contributed by atoms with Crippen LogP contribution in [0.3, 0.4) is 0 Å². The number of aromatic nitrogens is 2. The van der Waals surface area contributed by atoms with E-state index in [9.17, 15) is 4.79 Å². The molecule has 1 aliphatic carbocycles. The largest absolute Gasteiger partial charge is 0.348 e. The van der Waals surface area contributed by atoms with Gasteiger partial charge >= 0.3 is 0 Å². The first-order valence-electron chi connectivity index (χ1n) is 6.58. The van der Waals surface area contributed by atoms with E-state index in [2.05, 4.69) is 14.9 Å². The van der Waals surface area contributed by atoms with Crippen molar-refractivity contribution in [3.8, 4) is 0 Å². The van der Waals surface area contributed by atoms with Crippen LogP contribution in [0.15, 0.2) is 0 Å². The summed E-state index contributed by atoms with van der Waals surface area (Å²) in [5.41, 5.74) is 6.56. The molecular weight excluding hydrogens is 284 g/mol. The fraction of sp³-hybridized carbons (Fsp3) is 0.750. The van der Waals surface area contributed by atoms with E-state index < -0.39 is 0 Å². The first kappa shape index (κ1) is 16.3. The number of amides is 1. The molecule has 7 heteroatoms. The van der Waals surface area contributed by atoms with Crippen molar-refractivity contribution < 1.29 is 4.79 Å². The van der Waals surface area contributed by atoms with E-state index in [-0.39, 0.29) is 24.4 Å². The Morgan fingerprint density at radius 1 is 1.47 bits per heavy atom. The van der Waals surface area contributed by atoms with Gasteiger partial charge in [0.15, 0.2) is 0 Å². The molecule has 0 bridgehead atoms. The van der Waals surface area contributed by atoms with Crippen LogP contribution in [0.2, 0.25) is 0 Å². The minimum Gasteiger partial charge on any atom is -0.348 e. The van der Waals surface area contributed by atoms with Gasteiger partial charge in [-0.05, 0) is 43.3 Å².